The third kappa shape index (κ3) is 4.86. The zero-order valence-electron chi connectivity index (χ0n) is 26.5. The largest absolute Gasteiger partial charge is 0.473 e. The summed E-state index contributed by atoms with van der Waals surface area (Å²) in [6, 6.07) is 4.56. The fourth-order valence-corrected chi connectivity index (χ4v) is 9.39. The van der Waals surface area contributed by atoms with Gasteiger partial charge in [-0.05, 0) is 98.3 Å². The van der Waals surface area contributed by atoms with Gasteiger partial charge in [-0.2, -0.15) is 15.2 Å². The van der Waals surface area contributed by atoms with Crippen molar-refractivity contribution in [2.24, 2.45) is 0 Å². The molecule has 2 aliphatic heterocycles. The lowest BCUT2D eigenvalue weighted by Gasteiger charge is -2.39. The molecule has 2 fully saturated rings. The van der Waals surface area contributed by atoms with Crippen LogP contribution < -0.4 is 15.2 Å². The molecule has 4 atom stereocenters. The molecule has 10 nitrogen and oxygen atoms in total. The second kappa shape index (κ2) is 11.0. The molecule has 2 saturated heterocycles. The highest BCUT2D eigenvalue weighted by Gasteiger charge is 2.49. The molecule has 2 aliphatic carbocycles. The Labute approximate surface area is 263 Å². The van der Waals surface area contributed by atoms with E-state index >= 15 is 0 Å². The van der Waals surface area contributed by atoms with Crippen LogP contribution in [0.4, 0.5) is 5.00 Å². The number of aromatic nitrogens is 3. The summed E-state index contributed by atoms with van der Waals surface area (Å²) in [6.45, 7) is 8.49. The van der Waals surface area contributed by atoms with Crippen molar-refractivity contribution in [2.45, 2.75) is 108 Å². The van der Waals surface area contributed by atoms with E-state index in [1.807, 2.05) is 6.07 Å². The summed E-state index contributed by atoms with van der Waals surface area (Å²) < 4.78 is 19.3. The molecule has 1 spiro atoms. The minimum absolute atomic E-state index is 0.00703. The number of nitrogens with two attached hydrogens (primary N) is 1. The third-order valence-electron chi connectivity index (χ3n) is 10.7. The van der Waals surface area contributed by atoms with Gasteiger partial charge in [0.05, 0.1) is 17.0 Å². The summed E-state index contributed by atoms with van der Waals surface area (Å²) in [5, 5.41) is 15.3. The number of likely N-dealkylation sites (tertiary alicyclic amines) is 2. The number of aryl methyl sites for hydroxylation is 1. The Hall–Kier alpha value is -3.20. The van der Waals surface area contributed by atoms with E-state index in [9.17, 15) is 5.26 Å². The molecule has 5 heterocycles. The summed E-state index contributed by atoms with van der Waals surface area (Å²) in [5.41, 5.74) is 9.32. The van der Waals surface area contributed by atoms with Crippen molar-refractivity contribution < 1.29 is 14.0 Å². The minimum Gasteiger partial charge on any atom is -0.473 e. The standard InChI is InChI=1S/C33H43N7O3S/c1-19(23-10-8-14-39(23)4)41-25-15-26(42-20-16-32(2,3)40(5)18-20)37-31(36-25)28-21-9-6-12-33(29(21)43-38-28)13-7-11-24-27(33)22(17-34)30(35)44-24/h15,19-20,23H,6-14,16,18,35H2,1-5H3/t19-,20+,23-,33-/m0/s1. The van der Waals surface area contributed by atoms with Gasteiger partial charge in [-0.1, -0.05) is 5.16 Å². The Balaban J connectivity index is 1.28. The fourth-order valence-electron chi connectivity index (χ4n) is 8.23. The van der Waals surface area contributed by atoms with Crippen molar-refractivity contribution in [3.8, 4) is 29.3 Å². The quantitative estimate of drug-likeness (QED) is 0.388. The molecule has 0 amide bonds. The Bertz CT molecular complexity index is 1580. The maximum absolute atomic E-state index is 10.1. The van der Waals surface area contributed by atoms with Crippen LogP contribution in [0.1, 0.15) is 93.0 Å². The lowest BCUT2D eigenvalue weighted by Crippen LogP contribution is -2.38. The number of rotatable bonds is 6. The highest BCUT2D eigenvalue weighted by atomic mass is 32.1. The molecular formula is C33H43N7O3S. The number of likely N-dealkylation sites (N-methyl/N-ethyl adjacent to an activating group) is 2. The van der Waals surface area contributed by atoms with Gasteiger partial charge in [0.2, 0.25) is 11.8 Å². The summed E-state index contributed by atoms with van der Waals surface area (Å²) >= 11 is 1.55. The first-order valence-corrected chi connectivity index (χ1v) is 16.9. The summed E-state index contributed by atoms with van der Waals surface area (Å²) in [7, 11) is 4.29. The van der Waals surface area contributed by atoms with Crippen LogP contribution >= 0.6 is 11.3 Å². The van der Waals surface area contributed by atoms with Crippen LogP contribution in [-0.4, -0.2) is 75.9 Å². The second-order valence-electron chi connectivity index (χ2n) is 13.9. The predicted molar refractivity (Wildman–Crippen MR) is 169 cm³/mol. The normalized spacial score (nSPS) is 27.2. The summed E-state index contributed by atoms with van der Waals surface area (Å²) in [6.07, 6.45) is 8.66. The molecule has 0 aromatic carbocycles. The Morgan fingerprint density at radius 3 is 2.64 bits per heavy atom. The van der Waals surface area contributed by atoms with Gasteiger partial charge in [0, 0.05) is 35.0 Å². The zero-order chi connectivity index (χ0) is 30.8. The van der Waals surface area contributed by atoms with E-state index in [0.29, 0.717) is 39.9 Å². The number of nitriles is 1. The fraction of sp³-hybridized carbons (Fsp3) is 0.636. The highest BCUT2D eigenvalue weighted by Crippen LogP contribution is 2.55. The van der Waals surface area contributed by atoms with Crippen molar-refractivity contribution in [2.75, 3.05) is 32.9 Å². The van der Waals surface area contributed by atoms with Gasteiger partial charge < -0.3 is 19.7 Å². The van der Waals surface area contributed by atoms with E-state index in [4.69, 9.17) is 29.7 Å². The van der Waals surface area contributed by atoms with E-state index in [2.05, 4.69) is 55.9 Å². The van der Waals surface area contributed by atoms with Crippen LogP contribution in [0.15, 0.2) is 10.6 Å². The predicted octanol–water partition coefficient (Wildman–Crippen LogP) is 5.33. The maximum atomic E-state index is 10.1. The van der Waals surface area contributed by atoms with Crippen LogP contribution in [-0.2, 0) is 18.3 Å². The average Bonchev–Trinajstić information content (AvgIpc) is 3.74. The number of fused-ring (bicyclic) bond motifs is 4. The van der Waals surface area contributed by atoms with Crippen LogP contribution in [0.25, 0.3) is 11.5 Å². The smallest absolute Gasteiger partial charge is 0.221 e. The number of nitrogen functional groups attached to an aromatic ring is 1. The molecule has 3 aromatic rings. The number of ether oxygens (including phenoxy) is 2. The van der Waals surface area contributed by atoms with Crippen LogP contribution in [0.5, 0.6) is 11.8 Å². The first-order chi connectivity index (χ1) is 21.1. The molecule has 7 rings (SSSR count). The first-order valence-electron chi connectivity index (χ1n) is 16.0. The summed E-state index contributed by atoms with van der Waals surface area (Å²) in [5.74, 6) is 2.28. The average molecular weight is 618 g/mol. The van der Waals surface area contributed by atoms with Gasteiger partial charge in [0.25, 0.3) is 0 Å². The molecule has 0 radical (unpaired) electrons. The molecule has 44 heavy (non-hydrogen) atoms. The van der Waals surface area contributed by atoms with E-state index < -0.39 is 5.41 Å². The molecule has 2 N–H and O–H groups in total. The molecule has 0 unspecified atom stereocenters. The lowest BCUT2D eigenvalue weighted by molar-refractivity contribution is 0.116. The SMILES string of the molecule is C[C@H](Oc1cc(O[C@H]2CN(C)C(C)(C)C2)nc(-c2noc3c2CCC[C@@]32CCCc3sc(N)c(C#N)c32)n1)[C@@H]1CCCN1C. The number of nitrogens with zero attached hydrogens (tertiary/aromatic N) is 6. The van der Waals surface area contributed by atoms with Crippen LogP contribution in [0, 0.1) is 11.3 Å². The van der Waals surface area contributed by atoms with Gasteiger partial charge in [0.15, 0.2) is 17.3 Å². The van der Waals surface area contributed by atoms with Gasteiger partial charge in [-0.3, -0.25) is 9.80 Å². The molecule has 234 valence electrons. The van der Waals surface area contributed by atoms with Gasteiger partial charge in [0.1, 0.15) is 23.3 Å². The molecule has 4 aliphatic rings. The number of anilines is 1. The van der Waals surface area contributed by atoms with Crippen molar-refractivity contribution in [1.82, 2.24) is 24.9 Å². The van der Waals surface area contributed by atoms with E-state index in [1.165, 1.54) is 11.3 Å². The van der Waals surface area contributed by atoms with Gasteiger partial charge in [-0.25, -0.2) is 0 Å². The van der Waals surface area contributed by atoms with E-state index in [-0.39, 0.29) is 17.7 Å². The second-order valence-corrected chi connectivity index (χ2v) is 15.0. The van der Waals surface area contributed by atoms with Gasteiger partial charge in [-0.15, -0.1) is 11.3 Å². The summed E-state index contributed by atoms with van der Waals surface area (Å²) in [4.78, 5) is 15.7. The maximum Gasteiger partial charge on any atom is 0.221 e. The number of thiophene rings is 1. The third-order valence-corrected chi connectivity index (χ3v) is 11.8. The van der Waals surface area contributed by atoms with Crippen molar-refractivity contribution in [1.29, 1.82) is 5.26 Å². The molecule has 0 bridgehead atoms. The van der Waals surface area contributed by atoms with E-state index in [1.54, 1.807) is 11.3 Å². The molecular weight excluding hydrogens is 574 g/mol. The Morgan fingerprint density at radius 1 is 1.16 bits per heavy atom. The molecule has 0 saturated carbocycles. The minimum atomic E-state index is -0.402. The van der Waals surface area contributed by atoms with Gasteiger partial charge >= 0.3 is 0 Å². The zero-order valence-corrected chi connectivity index (χ0v) is 27.3. The highest BCUT2D eigenvalue weighted by molar-refractivity contribution is 7.16. The van der Waals surface area contributed by atoms with E-state index in [0.717, 1.165) is 81.3 Å². The van der Waals surface area contributed by atoms with Crippen molar-refractivity contribution >= 4 is 16.3 Å². The first kappa shape index (κ1) is 29.5. The Morgan fingerprint density at radius 2 is 1.93 bits per heavy atom. The molecule has 3 aromatic heterocycles. The monoisotopic (exact) mass is 617 g/mol. The number of hydrogen-bond donors (Lipinski definition) is 1. The van der Waals surface area contributed by atoms with Crippen molar-refractivity contribution in [3.63, 3.8) is 0 Å². The van der Waals surface area contributed by atoms with Crippen LogP contribution in [0.3, 0.4) is 0 Å². The Kier molecular flexibility index (Phi) is 7.38. The van der Waals surface area contributed by atoms with Crippen molar-refractivity contribution in [3.05, 3.63) is 33.4 Å². The molecule has 11 heteroatoms. The topological polar surface area (TPSA) is 127 Å². The number of hydrogen-bond acceptors (Lipinski definition) is 11. The lowest BCUT2D eigenvalue weighted by atomic mass is 9.63. The van der Waals surface area contributed by atoms with Crippen LogP contribution in [0.2, 0.25) is 0 Å².